The number of hydrogen-bond donors (Lipinski definition) is 7. The van der Waals surface area contributed by atoms with Gasteiger partial charge in [0.1, 0.15) is 23.9 Å². The Kier molecular flexibility index (Phi) is 10.4. The van der Waals surface area contributed by atoms with Gasteiger partial charge in [-0.3, -0.25) is 19.2 Å². The molecule has 2 rings (SSSR count). The first kappa shape index (κ1) is 28.3. The van der Waals surface area contributed by atoms with Gasteiger partial charge in [0, 0.05) is 24.7 Å². The number of aromatic hydroxyl groups is 1. The number of imidazole rings is 1. The average molecular weight is 503 g/mol. The second kappa shape index (κ2) is 13.2. The molecule has 0 saturated carbocycles. The van der Waals surface area contributed by atoms with E-state index in [-0.39, 0.29) is 24.5 Å². The number of carbonyl (C=O) groups excluding carboxylic acids is 3. The Balaban J connectivity index is 2.26. The lowest BCUT2D eigenvalue weighted by atomic mass is 9.98. The lowest BCUT2D eigenvalue weighted by molar-refractivity contribution is -0.141. The Morgan fingerprint density at radius 2 is 1.56 bits per heavy atom. The van der Waals surface area contributed by atoms with Gasteiger partial charge < -0.3 is 36.9 Å². The van der Waals surface area contributed by atoms with Crippen molar-refractivity contribution in [3.8, 4) is 5.75 Å². The predicted molar refractivity (Wildman–Crippen MR) is 131 cm³/mol. The quantitative estimate of drug-likeness (QED) is 0.196. The van der Waals surface area contributed by atoms with Gasteiger partial charge in [0.05, 0.1) is 12.4 Å². The van der Waals surface area contributed by atoms with Crippen molar-refractivity contribution in [1.82, 2.24) is 25.9 Å². The Morgan fingerprint density at radius 1 is 0.972 bits per heavy atom. The molecule has 36 heavy (non-hydrogen) atoms. The van der Waals surface area contributed by atoms with Gasteiger partial charge in [0.2, 0.25) is 17.7 Å². The number of aromatic amines is 1. The van der Waals surface area contributed by atoms with Gasteiger partial charge in [-0.1, -0.05) is 32.4 Å². The summed E-state index contributed by atoms with van der Waals surface area (Å²) in [7, 11) is 0. The molecular formula is C24H34N6O6. The van der Waals surface area contributed by atoms with Crippen LogP contribution >= 0.6 is 0 Å². The van der Waals surface area contributed by atoms with Crippen LogP contribution in [0, 0.1) is 5.92 Å². The van der Waals surface area contributed by atoms with Crippen molar-refractivity contribution >= 4 is 23.7 Å². The summed E-state index contributed by atoms with van der Waals surface area (Å²) < 4.78 is 0. The molecule has 5 unspecified atom stereocenters. The first-order valence-corrected chi connectivity index (χ1v) is 11.7. The third kappa shape index (κ3) is 8.38. The van der Waals surface area contributed by atoms with Crippen LogP contribution in [0.4, 0.5) is 0 Å². The second-order valence-corrected chi connectivity index (χ2v) is 8.75. The summed E-state index contributed by atoms with van der Waals surface area (Å²) in [5.41, 5.74) is 7.23. The van der Waals surface area contributed by atoms with Crippen LogP contribution in [0.2, 0.25) is 0 Å². The number of amides is 3. The first-order chi connectivity index (χ1) is 17.0. The predicted octanol–water partition coefficient (Wildman–Crippen LogP) is -0.167. The molecule has 12 nitrogen and oxygen atoms in total. The number of phenolic OH excluding ortho intramolecular Hbond substituents is 1. The molecule has 0 aliphatic rings. The van der Waals surface area contributed by atoms with Crippen LogP contribution in [0.15, 0.2) is 36.8 Å². The number of carboxylic acid groups (broad SMARTS) is 1. The summed E-state index contributed by atoms with van der Waals surface area (Å²) in [6, 6.07) is 1.76. The molecule has 0 aliphatic carbocycles. The van der Waals surface area contributed by atoms with Crippen molar-refractivity contribution in [2.75, 3.05) is 0 Å². The van der Waals surface area contributed by atoms with Gasteiger partial charge in [-0.05, 0) is 30.5 Å². The number of H-pyrrole nitrogens is 1. The Hall–Kier alpha value is -3.93. The zero-order chi connectivity index (χ0) is 26.8. The van der Waals surface area contributed by atoms with E-state index in [1.807, 2.05) is 13.8 Å². The van der Waals surface area contributed by atoms with Crippen molar-refractivity contribution < 1.29 is 29.4 Å². The molecule has 0 aliphatic heterocycles. The van der Waals surface area contributed by atoms with E-state index in [0.29, 0.717) is 17.7 Å². The molecule has 5 atom stereocenters. The van der Waals surface area contributed by atoms with Crippen molar-refractivity contribution in [3.05, 3.63) is 48.0 Å². The number of benzene rings is 1. The number of hydrogen-bond acceptors (Lipinski definition) is 7. The molecule has 0 fully saturated rings. The summed E-state index contributed by atoms with van der Waals surface area (Å²) >= 11 is 0. The summed E-state index contributed by atoms with van der Waals surface area (Å²) in [6.45, 7) is 5.03. The third-order valence-corrected chi connectivity index (χ3v) is 5.91. The van der Waals surface area contributed by atoms with E-state index >= 15 is 0 Å². The Bertz CT molecular complexity index is 1030. The van der Waals surface area contributed by atoms with Crippen LogP contribution in [0.3, 0.4) is 0 Å². The maximum atomic E-state index is 13.3. The fourth-order valence-electron chi connectivity index (χ4n) is 3.33. The van der Waals surface area contributed by atoms with Crippen molar-refractivity contribution in [1.29, 1.82) is 0 Å². The highest BCUT2D eigenvalue weighted by Crippen LogP contribution is 2.12. The number of nitrogens with one attached hydrogen (secondary N) is 4. The molecule has 8 N–H and O–H groups in total. The summed E-state index contributed by atoms with van der Waals surface area (Å²) in [6.07, 6.45) is 3.69. The highest BCUT2D eigenvalue weighted by molar-refractivity contribution is 5.94. The third-order valence-electron chi connectivity index (χ3n) is 5.91. The molecule has 1 aromatic carbocycles. The highest BCUT2D eigenvalue weighted by atomic mass is 16.4. The number of carboxylic acids is 1. The van der Waals surface area contributed by atoms with E-state index in [0.717, 1.165) is 0 Å². The average Bonchev–Trinajstić information content (AvgIpc) is 3.36. The zero-order valence-electron chi connectivity index (χ0n) is 20.5. The molecular weight excluding hydrogens is 468 g/mol. The largest absolute Gasteiger partial charge is 0.508 e. The van der Waals surface area contributed by atoms with Crippen LogP contribution in [0.5, 0.6) is 5.75 Å². The molecule has 3 amide bonds. The van der Waals surface area contributed by atoms with Gasteiger partial charge in [-0.25, -0.2) is 4.98 Å². The molecule has 0 radical (unpaired) electrons. The van der Waals surface area contributed by atoms with E-state index < -0.39 is 47.9 Å². The summed E-state index contributed by atoms with van der Waals surface area (Å²) in [4.78, 5) is 57.0. The number of aromatic nitrogens is 2. The first-order valence-electron chi connectivity index (χ1n) is 11.7. The highest BCUT2D eigenvalue weighted by Gasteiger charge is 2.31. The lowest BCUT2D eigenvalue weighted by Crippen LogP contribution is -2.58. The van der Waals surface area contributed by atoms with Crippen LogP contribution in [-0.2, 0) is 32.0 Å². The minimum Gasteiger partial charge on any atom is -0.508 e. The van der Waals surface area contributed by atoms with Gasteiger partial charge >= 0.3 is 5.97 Å². The second-order valence-electron chi connectivity index (χ2n) is 8.75. The van der Waals surface area contributed by atoms with Crippen LogP contribution < -0.4 is 21.7 Å². The Morgan fingerprint density at radius 3 is 2.11 bits per heavy atom. The lowest BCUT2D eigenvalue weighted by Gasteiger charge is -2.25. The molecule has 0 spiro atoms. The number of phenols is 1. The maximum Gasteiger partial charge on any atom is 0.325 e. The smallest absolute Gasteiger partial charge is 0.325 e. The molecule has 1 heterocycles. The fraction of sp³-hybridized carbons (Fsp3) is 0.458. The number of aliphatic carboxylic acids is 1. The molecule has 196 valence electrons. The molecule has 0 saturated heterocycles. The fourth-order valence-corrected chi connectivity index (χ4v) is 3.33. The number of nitrogens with zero attached hydrogens (tertiary/aromatic N) is 1. The van der Waals surface area contributed by atoms with E-state index in [9.17, 15) is 24.3 Å². The maximum absolute atomic E-state index is 13.3. The van der Waals surface area contributed by atoms with Crippen LogP contribution in [0.25, 0.3) is 0 Å². The SMILES string of the molecule is CCC(C)C(N)C(=O)NC(Cc1cnc[nH]1)C(=O)NC(Cc1ccc(O)cc1)C(=O)NC(C)C(=O)O. The standard InChI is InChI=1S/C24H34N6O6/c1-4-13(2)20(25)23(34)30-19(10-16-11-26-12-27-16)22(33)29-18(21(32)28-14(3)24(35)36)9-15-5-7-17(31)8-6-15/h5-8,11-14,18-20,31H,4,9-10,25H2,1-3H3,(H,26,27)(H,28,32)(H,29,33)(H,30,34)(H,35,36). The summed E-state index contributed by atoms with van der Waals surface area (Å²) in [5, 5.41) is 26.3. The minimum absolute atomic E-state index is 0.0152. The van der Waals surface area contributed by atoms with Gasteiger partial charge in [0.25, 0.3) is 0 Å². The summed E-state index contributed by atoms with van der Waals surface area (Å²) in [5.74, 6) is -3.20. The molecule has 2 aromatic rings. The van der Waals surface area contributed by atoms with E-state index in [4.69, 9.17) is 10.8 Å². The van der Waals surface area contributed by atoms with E-state index in [1.165, 1.54) is 31.6 Å². The number of rotatable bonds is 13. The Labute approximate surface area is 209 Å². The van der Waals surface area contributed by atoms with Crippen LogP contribution in [0.1, 0.15) is 38.4 Å². The van der Waals surface area contributed by atoms with Crippen LogP contribution in [-0.4, -0.2) is 68.0 Å². The van der Waals surface area contributed by atoms with E-state index in [2.05, 4.69) is 25.9 Å². The van der Waals surface area contributed by atoms with E-state index in [1.54, 1.807) is 12.1 Å². The van der Waals surface area contributed by atoms with Crippen molar-refractivity contribution in [2.45, 2.75) is 64.2 Å². The minimum atomic E-state index is -1.23. The topological polar surface area (TPSA) is 200 Å². The molecule has 1 aromatic heterocycles. The normalized spacial score (nSPS) is 15.1. The van der Waals surface area contributed by atoms with Crippen molar-refractivity contribution in [3.63, 3.8) is 0 Å². The number of carbonyl (C=O) groups is 4. The van der Waals surface area contributed by atoms with Gasteiger partial charge in [-0.15, -0.1) is 0 Å². The monoisotopic (exact) mass is 502 g/mol. The number of nitrogens with two attached hydrogens (primary N) is 1. The van der Waals surface area contributed by atoms with Gasteiger partial charge in [0.15, 0.2) is 0 Å². The molecule has 12 heteroatoms. The van der Waals surface area contributed by atoms with Crippen molar-refractivity contribution in [2.24, 2.45) is 11.7 Å². The zero-order valence-corrected chi connectivity index (χ0v) is 20.5. The molecule has 0 bridgehead atoms. The van der Waals surface area contributed by atoms with Gasteiger partial charge in [-0.2, -0.15) is 0 Å².